The Bertz CT molecular complexity index is 263. The molecule has 1 aliphatic rings. The standard InChI is InChI=1S/C10H15NO/c1-7-5-12-6-9(7)10(11)4-8-2-3-8/h5-6,8,10H,2-4,11H2,1H3. The topological polar surface area (TPSA) is 39.2 Å². The normalized spacial score (nSPS) is 19.5. The molecule has 1 aliphatic carbocycles. The first kappa shape index (κ1) is 7.87. The van der Waals surface area contributed by atoms with Crippen LogP contribution in [0, 0.1) is 12.8 Å². The van der Waals surface area contributed by atoms with Crippen LogP contribution in [-0.4, -0.2) is 0 Å². The predicted molar refractivity (Wildman–Crippen MR) is 47.7 cm³/mol. The molecule has 1 aromatic heterocycles. The maximum absolute atomic E-state index is 6.02. The largest absolute Gasteiger partial charge is 0.472 e. The Labute approximate surface area is 72.7 Å². The molecule has 0 aliphatic heterocycles. The summed E-state index contributed by atoms with van der Waals surface area (Å²) < 4.78 is 5.09. The zero-order chi connectivity index (χ0) is 8.55. The van der Waals surface area contributed by atoms with Crippen molar-refractivity contribution < 1.29 is 4.42 Å². The van der Waals surface area contributed by atoms with Crippen LogP contribution in [0.2, 0.25) is 0 Å². The van der Waals surface area contributed by atoms with E-state index in [4.69, 9.17) is 10.2 Å². The van der Waals surface area contributed by atoms with Crippen molar-refractivity contribution in [1.82, 2.24) is 0 Å². The fourth-order valence-electron chi connectivity index (χ4n) is 1.59. The van der Waals surface area contributed by atoms with E-state index >= 15 is 0 Å². The lowest BCUT2D eigenvalue weighted by molar-refractivity contribution is 0.546. The van der Waals surface area contributed by atoms with Gasteiger partial charge in [0, 0.05) is 11.6 Å². The highest BCUT2D eigenvalue weighted by molar-refractivity contribution is 5.22. The average Bonchev–Trinajstić information content (AvgIpc) is 2.72. The molecule has 1 heterocycles. The van der Waals surface area contributed by atoms with Crippen LogP contribution in [0.5, 0.6) is 0 Å². The Morgan fingerprint density at radius 1 is 1.58 bits per heavy atom. The van der Waals surface area contributed by atoms with Gasteiger partial charge in [0.25, 0.3) is 0 Å². The second-order valence-electron chi connectivity index (χ2n) is 3.80. The van der Waals surface area contributed by atoms with E-state index in [2.05, 4.69) is 0 Å². The molecule has 1 unspecified atom stereocenters. The van der Waals surface area contributed by atoms with Gasteiger partial charge in [-0.1, -0.05) is 12.8 Å². The number of furan rings is 1. The summed E-state index contributed by atoms with van der Waals surface area (Å²) in [6.07, 6.45) is 7.40. The quantitative estimate of drug-likeness (QED) is 0.746. The van der Waals surface area contributed by atoms with Crippen LogP contribution in [-0.2, 0) is 0 Å². The Kier molecular flexibility index (Phi) is 1.93. The Morgan fingerprint density at radius 2 is 2.33 bits per heavy atom. The summed E-state index contributed by atoms with van der Waals surface area (Å²) in [4.78, 5) is 0. The first-order valence-corrected chi connectivity index (χ1v) is 4.55. The first-order chi connectivity index (χ1) is 5.77. The van der Waals surface area contributed by atoms with Crippen molar-refractivity contribution in [2.75, 3.05) is 0 Å². The van der Waals surface area contributed by atoms with Gasteiger partial charge in [0.15, 0.2) is 0 Å². The third-order valence-electron chi connectivity index (χ3n) is 2.58. The maximum atomic E-state index is 6.02. The van der Waals surface area contributed by atoms with Crippen molar-refractivity contribution in [3.8, 4) is 0 Å². The van der Waals surface area contributed by atoms with Crippen LogP contribution in [0.4, 0.5) is 0 Å². The summed E-state index contributed by atoms with van der Waals surface area (Å²) in [5.41, 5.74) is 8.39. The Hall–Kier alpha value is -0.760. The molecule has 0 aromatic carbocycles. The molecule has 0 bridgehead atoms. The van der Waals surface area contributed by atoms with Crippen molar-refractivity contribution in [2.24, 2.45) is 11.7 Å². The van der Waals surface area contributed by atoms with E-state index < -0.39 is 0 Å². The van der Waals surface area contributed by atoms with Crippen molar-refractivity contribution in [3.63, 3.8) is 0 Å². The van der Waals surface area contributed by atoms with Crippen LogP contribution in [0.1, 0.15) is 36.4 Å². The first-order valence-electron chi connectivity index (χ1n) is 4.55. The van der Waals surface area contributed by atoms with Gasteiger partial charge in [-0.2, -0.15) is 0 Å². The van der Waals surface area contributed by atoms with Gasteiger partial charge in [-0.3, -0.25) is 0 Å². The number of aryl methyl sites for hydroxylation is 1. The van der Waals surface area contributed by atoms with Gasteiger partial charge in [0.2, 0.25) is 0 Å². The van der Waals surface area contributed by atoms with Gasteiger partial charge in [0.1, 0.15) is 0 Å². The summed E-state index contributed by atoms with van der Waals surface area (Å²) in [6.45, 7) is 2.05. The molecule has 0 spiro atoms. The molecular formula is C10H15NO. The molecule has 1 saturated carbocycles. The summed E-state index contributed by atoms with van der Waals surface area (Å²) in [5.74, 6) is 0.884. The van der Waals surface area contributed by atoms with Crippen LogP contribution in [0.25, 0.3) is 0 Å². The molecule has 0 saturated heterocycles. The minimum atomic E-state index is 0.191. The highest BCUT2D eigenvalue weighted by Crippen LogP contribution is 2.37. The van der Waals surface area contributed by atoms with Crippen molar-refractivity contribution in [2.45, 2.75) is 32.2 Å². The molecule has 2 nitrogen and oxygen atoms in total. The number of rotatable bonds is 3. The molecule has 0 amide bonds. The molecule has 0 radical (unpaired) electrons. The molecule has 1 aromatic rings. The summed E-state index contributed by atoms with van der Waals surface area (Å²) in [5, 5.41) is 0. The summed E-state index contributed by atoms with van der Waals surface area (Å²) in [7, 11) is 0. The molecule has 2 rings (SSSR count). The lowest BCUT2D eigenvalue weighted by atomic mass is 10.0. The zero-order valence-corrected chi connectivity index (χ0v) is 7.42. The van der Waals surface area contributed by atoms with Crippen LogP contribution >= 0.6 is 0 Å². The van der Waals surface area contributed by atoms with Gasteiger partial charge in [-0.15, -0.1) is 0 Å². The zero-order valence-electron chi connectivity index (χ0n) is 7.42. The fraction of sp³-hybridized carbons (Fsp3) is 0.600. The lowest BCUT2D eigenvalue weighted by Gasteiger charge is -2.08. The van der Waals surface area contributed by atoms with Gasteiger partial charge < -0.3 is 10.2 Å². The van der Waals surface area contributed by atoms with E-state index in [-0.39, 0.29) is 6.04 Å². The predicted octanol–water partition coefficient (Wildman–Crippen LogP) is 2.39. The maximum Gasteiger partial charge on any atom is 0.0953 e. The van der Waals surface area contributed by atoms with E-state index in [1.165, 1.54) is 24.0 Å². The molecule has 66 valence electrons. The lowest BCUT2D eigenvalue weighted by Crippen LogP contribution is -2.10. The molecule has 1 atom stereocenters. The number of hydrogen-bond donors (Lipinski definition) is 1. The SMILES string of the molecule is Cc1cocc1C(N)CC1CC1. The summed E-state index contributed by atoms with van der Waals surface area (Å²) in [6, 6.07) is 0.191. The van der Waals surface area contributed by atoms with Crippen molar-refractivity contribution in [3.05, 3.63) is 23.7 Å². The van der Waals surface area contributed by atoms with E-state index in [0.717, 1.165) is 12.3 Å². The van der Waals surface area contributed by atoms with Crippen molar-refractivity contribution in [1.29, 1.82) is 0 Å². The molecule has 2 heteroatoms. The number of hydrogen-bond acceptors (Lipinski definition) is 2. The second-order valence-corrected chi connectivity index (χ2v) is 3.80. The molecule has 12 heavy (non-hydrogen) atoms. The van der Waals surface area contributed by atoms with E-state index in [1.807, 2.05) is 6.92 Å². The smallest absolute Gasteiger partial charge is 0.0953 e. The van der Waals surface area contributed by atoms with E-state index in [1.54, 1.807) is 12.5 Å². The van der Waals surface area contributed by atoms with Crippen LogP contribution in [0.3, 0.4) is 0 Å². The third-order valence-corrected chi connectivity index (χ3v) is 2.58. The summed E-state index contributed by atoms with van der Waals surface area (Å²) >= 11 is 0. The van der Waals surface area contributed by atoms with Gasteiger partial charge in [-0.05, 0) is 24.8 Å². The average molecular weight is 165 g/mol. The molecular weight excluding hydrogens is 150 g/mol. The Morgan fingerprint density at radius 3 is 2.83 bits per heavy atom. The highest BCUT2D eigenvalue weighted by Gasteiger charge is 2.25. The van der Waals surface area contributed by atoms with Gasteiger partial charge in [0.05, 0.1) is 12.5 Å². The van der Waals surface area contributed by atoms with Crippen molar-refractivity contribution >= 4 is 0 Å². The van der Waals surface area contributed by atoms with Gasteiger partial charge >= 0.3 is 0 Å². The third kappa shape index (κ3) is 1.53. The van der Waals surface area contributed by atoms with Crippen LogP contribution in [0.15, 0.2) is 16.9 Å². The second kappa shape index (κ2) is 2.94. The van der Waals surface area contributed by atoms with Gasteiger partial charge in [-0.25, -0.2) is 0 Å². The van der Waals surface area contributed by atoms with E-state index in [0.29, 0.717) is 0 Å². The Balaban J connectivity index is 2.02. The molecule has 1 fully saturated rings. The number of nitrogens with two attached hydrogens (primary N) is 1. The minimum Gasteiger partial charge on any atom is -0.472 e. The molecule has 2 N–H and O–H groups in total. The minimum absolute atomic E-state index is 0.191. The highest BCUT2D eigenvalue weighted by atomic mass is 16.3. The van der Waals surface area contributed by atoms with Crippen LogP contribution < -0.4 is 5.73 Å². The monoisotopic (exact) mass is 165 g/mol. The fourth-order valence-corrected chi connectivity index (χ4v) is 1.59. The van der Waals surface area contributed by atoms with E-state index in [9.17, 15) is 0 Å².